The van der Waals surface area contributed by atoms with Crippen LogP contribution in [-0.4, -0.2) is 63.2 Å². The van der Waals surface area contributed by atoms with Crippen LogP contribution in [0.1, 0.15) is 62.1 Å². The van der Waals surface area contributed by atoms with Crippen LogP contribution < -0.4 is 25.5 Å². The standard InChI is InChI=1S/C46H53ClN2O10Si/c1-31-29-49(43(51)48-42(31)50)41-28-39(59-44(52)57-38-24-18-35(47)19-25-38)40(58-41)30-55-46(32-12-9-8-10-13-32,33-14-20-36(53-5)21-15-33)34-16-22-37(23-17-34)54-26-11-27-56-60(6,7)45(2,3)4/h8-10,12-25,29,39-41H,11,26-28,30H2,1-7H3,(H,48,50,51)/t39-,40-,41-,46?/m1/s1. The van der Waals surface area contributed by atoms with Crippen LogP contribution in [0, 0.1) is 6.92 Å². The van der Waals surface area contributed by atoms with E-state index in [9.17, 15) is 14.4 Å². The van der Waals surface area contributed by atoms with Crippen molar-refractivity contribution in [1.29, 1.82) is 0 Å². The summed E-state index contributed by atoms with van der Waals surface area (Å²) in [4.78, 5) is 40.9. The van der Waals surface area contributed by atoms with Crippen molar-refractivity contribution in [3.05, 3.63) is 157 Å². The average molecular weight is 857 g/mol. The van der Waals surface area contributed by atoms with E-state index in [-0.39, 0.29) is 23.8 Å². The fourth-order valence-corrected chi connectivity index (χ4v) is 7.94. The number of ether oxygens (including phenoxy) is 6. The lowest BCUT2D eigenvalue weighted by atomic mass is 9.80. The zero-order valence-corrected chi connectivity index (χ0v) is 36.8. The van der Waals surface area contributed by atoms with Crippen LogP contribution in [0.15, 0.2) is 119 Å². The molecule has 1 fully saturated rings. The van der Waals surface area contributed by atoms with Gasteiger partial charge in [0.15, 0.2) is 8.32 Å². The number of methoxy groups -OCH3 is 1. The van der Waals surface area contributed by atoms with Gasteiger partial charge in [-0.3, -0.25) is 14.3 Å². The molecule has 6 rings (SSSR count). The van der Waals surface area contributed by atoms with Crippen molar-refractivity contribution >= 4 is 26.1 Å². The molecule has 60 heavy (non-hydrogen) atoms. The molecule has 318 valence electrons. The highest BCUT2D eigenvalue weighted by Crippen LogP contribution is 2.43. The predicted octanol–water partition coefficient (Wildman–Crippen LogP) is 9.18. The van der Waals surface area contributed by atoms with Crippen LogP contribution in [0.5, 0.6) is 17.2 Å². The zero-order valence-electron chi connectivity index (χ0n) is 35.1. The maximum atomic E-state index is 13.2. The second-order valence-electron chi connectivity index (χ2n) is 16.2. The Balaban J connectivity index is 1.31. The molecular weight excluding hydrogens is 804 g/mol. The van der Waals surface area contributed by atoms with E-state index >= 15 is 0 Å². The van der Waals surface area contributed by atoms with Gasteiger partial charge in [-0.15, -0.1) is 0 Å². The van der Waals surface area contributed by atoms with Gasteiger partial charge >= 0.3 is 11.8 Å². The van der Waals surface area contributed by atoms with Gasteiger partial charge in [0, 0.05) is 36.2 Å². The minimum atomic E-state index is -1.86. The van der Waals surface area contributed by atoms with Gasteiger partial charge in [0.1, 0.15) is 41.3 Å². The van der Waals surface area contributed by atoms with Gasteiger partial charge in [-0.05, 0) is 90.3 Å². The summed E-state index contributed by atoms with van der Waals surface area (Å²) in [5, 5.41) is 0.608. The number of aromatic nitrogens is 2. The monoisotopic (exact) mass is 856 g/mol. The molecular formula is C46H53ClN2O10Si. The summed E-state index contributed by atoms with van der Waals surface area (Å²) in [6.45, 7) is 13.8. The number of halogens is 1. The highest BCUT2D eigenvalue weighted by Gasteiger charge is 2.44. The normalized spacial score (nSPS) is 17.8. The fourth-order valence-electron chi connectivity index (χ4n) is 6.73. The summed E-state index contributed by atoms with van der Waals surface area (Å²) in [5.74, 6) is 1.59. The minimum Gasteiger partial charge on any atom is -0.497 e. The van der Waals surface area contributed by atoms with Crippen molar-refractivity contribution in [3.8, 4) is 17.2 Å². The van der Waals surface area contributed by atoms with Crippen molar-refractivity contribution in [1.82, 2.24) is 9.55 Å². The largest absolute Gasteiger partial charge is 0.514 e. The van der Waals surface area contributed by atoms with Gasteiger partial charge in [-0.25, -0.2) is 9.59 Å². The minimum absolute atomic E-state index is 0.0585. The van der Waals surface area contributed by atoms with Crippen molar-refractivity contribution in [2.24, 2.45) is 0 Å². The molecule has 14 heteroatoms. The molecule has 1 unspecified atom stereocenters. The molecule has 2 heterocycles. The molecule has 0 radical (unpaired) electrons. The van der Waals surface area contributed by atoms with E-state index in [0.29, 0.717) is 35.3 Å². The summed E-state index contributed by atoms with van der Waals surface area (Å²) < 4.78 is 44.3. The van der Waals surface area contributed by atoms with E-state index in [1.165, 1.54) is 10.8 Å². The number of rotatable bonds is 16. The number of hydrogen-bond acceptors (Lipinski definition) is 10. The lowest BCUT2D eigenvalue weighted by Gasteiger charge is -2.37. The van der Waals surface area contributed by atoms with E-state index in [1.807, 2.05) is 78.9 Å². The SMILES string of the molecule is COc1ccc(C(OC[C@H]2O[C@@H](n3cc(C)c(=O)[nH]c3=O)C[C@H]2OC(=O)Oc2ccc(Cl)cc2)(c2ccccc2)c2ccc(OCCCO[Si](C)(C)C(C)(C)C)cc2)cc1. The van der Waals surface area contributed by atoms with Crippen LogP contribution in [0.4, 0.5) is 4.79 Å². The number of aryl methyl sites for hydroxylation is 1. The number of benzene rings is 4. The lowest BCUT2D eigenvalue weighted by Crippen LogP contribution is -2.41. The van der Waals surface area contributed by atoms with E-state index in [0.717, 1.165) is 23.1 Å². The van der Waals surface area contributed by atoms with E-state index in [4.69, 9.17) is 44.4 Å². The second kappa shape index (κ2) is 19.0. The van der Waals surface area contributed by atoms with Gasteiger partial charge in [0.25, 0.3) is 5.56 Å². The van der Waals surface area contributed by atoms with E-state index < -0.39 is 49.8 Å². The number of nitrogens with one attached hydrogen (secondary N) is 1. The van der Waals surface area contributed by atoms with Crippen LogP contribution >= 0.6 is 11.6 Å². The summed E-state index contributed by atoms with van der Waals surface area (Å²) in [5.41, 5.74) is 0.293. The fraction of sp³-hybridized carbons (Fsp3) is 0.370. The third-order valence-electron chi connectivity index (χ3n) is 11.1. The predicted molar refractivity (Wildman–Crippen MR) is 232 cm³/mol. The molecule has 0 amide bonds. The number of carbonyl (C=O) groups is 1. The summed E-state index contributed by atoms with van der Waals surface area (Å²) in [6, 6.07) is 31.4. The molecule has 0 bridgehead atoms. The molecule has 1 saturated heterocycles. The number of nitrogens with zero attached hydrogens (tertiary/aromatic N) is 1. The van der Waals surface area contributed by atoms with Gasteiger partial charge in [0.05, 0.1) is 20.3 Å². The molecule has 1 aliphatic rings. The smallest absolute Gasteiger partial charge is 0.497 e. The van der Waals surface area contributed by atoms with Crippen LogP contribution in [0.25, 0.3) is 0 Å². The van der Waals surface area contributed by atoms with Gasteiger partial charge in [0.2, 0.25) is 0 Å². The second-order valence-corrected chi connectivity index (χ2v) is 21.5. The first kappa shape index (κ1) is 44.4. The van der Waals surface area contributed by atoms with Crippen molar-refractivity contribution < 1.29 is 37.6 Å². The highest BCUT2D eigenvalue weighted by molar-refractivity contribution is 6.74. The number of carbonyl (C=O) groups excluding carboxylic acids is 1. The first-order valence-corrected chi connectivity index (χ1v) is 23.2. The average Bonchev–Trinajstić information content (AvgIpc) is 3.62. The Morgan fingerprint density at radius 3 is 2.07 bits per heavy atom. The maximum Gasteiger partial charge on any atom is 0.514 e. The topological polar surface area (TPSA) is 137 Å². The van der Waals surface area contributed by atoms with Crippen molar-refractivity contribution in [3.63, 3.8) is 0 Å². The van der Waals surface area contributed by atoms with Crippen LogP contribution in [0.2, 0.25) is 23.2 Å². The van der Waals surface area contributed by atoms with Crippen molar-refractivity contribution in [2.45, 2.75) is 82.7 Å². The summed E-state index contributed by atoms with van der Waals surface area (Å²) in [7, 11) is -0.252. The summed E-state index contributed by atoms with van der Waals surface area (Å²) >= 11 is 6.03. The molecule has 12 nitrogen and oxygen atoms in total. The van der Waals surface area contributed by atoms with Gasteiger partial charge < -0.3 is 32.8 Å². The number of hydrogen-bond donors (Lipinski definition) is 1. The highest BCUT2D eigenvalue weighted by atomic mass is 35.5. The van der Waals surface area contributed by atoms with Crippen LogP contribution in [-0.2, 0) is 24.2 Å². The molecule has 1 aliphatic heterocycles. The molecule has 1 N–H and O–H groups in total. The number of H-pyrrole nitrogens is 1. The quantitative estimate of drug-likeness (QED) is 0.0336. The Bertz CT molecular complexity index is 2310. The third-order valence-corrected chi connectivity index (χ3v) is 15.9. The Morgan fingerprint density at radius 1 is 0.850 bits per heavy atom. The summed E-state index contributed by atoms with van der Waals surface area (Å²) in [6.07, 6.45) is -1.49. The van der Waals surface area contributed by atoms with Gasteiger partial charge in [-0.1, -0.05) is 87.0 Å². The number of aromatic amines is 1. The Labute approximate surface area is 356 Å². The first-order chi connectivity index (χ1) is 28.6. The molecule has 0 spiro atoms. The van der Waals surface area contributed by atoms with E-state index in [2.05, 4.69) is 38.8 Å². The zero-order chi connectivity index (χ0) is 43.1. The molecule has 5 aromatic rings. The van der Waals surface area contributed by atoms with Crippen molar-refractivity contribution in [2.75, 3.05) is 26.9 Å². The Kier molecular flexibility index (Phi) is 14.1. The first-order valence-electron chi connectivity index (χ1n) is 19.9. The maximum absolute atomic E-state index is 13.2. The molecule has 0 aliphatic carbocycles. The van der Waals surface area contributed by atoms with E-state index in [1.54, 1.807) is 38.3 Å². The molecule has 0 saturated carbocycles. The Morgan fingerprint density at radius 2 is 1.45 bits per heavy atom. The molecule has 1 aromatic heterocycles. The van der Waals surface area contributed by atoms with Gasteiger partial charge in [-0.2, -0.15) is 0 Å². The lowest BCUT2D eigenvalue weighted by molar-refractivity contribution is -0.0975. The molecule has 4 aromatic carbocycles. The Hall–Kier alpha value is -5.18. The molecule has 4 atom stereocenters. The van der Waals surface area contributed by atoms with Crippen LogP contribution in [0.3, 0.4) is 0 Å². The third kappa shape index (κ3) is 10.4.